The van der Waals surface area contributed by atoms with Crippen LogP contribution in [0.3, 0.4) is 0 Å². The predicted octanol–water partition coefficient (Wildman–Crippen LogP) is 4.78. The predicted molar refractivity (Wildman–Crippen MR) is 116 cm³/mol. The van der Waals surface area contributed by atoms with Crippen molar-refractivity contribution in [3.8, 4) is 0 Å². The third-order valence-electron chi connectivity index (χ3n) is 7.90. The Labute approximate surface area is 180 Å². The summed E-state index contributed by atoms with van der Waals surface area (Å²) in [4.78, 5) is 26.3. The number of cyclic esters (lactones) is 1. The first-order valence-electron chi connectivity index (χ1n) is 12.0. The van der Waals surface area contributed by atoms with E-state index < -0.39 is 12.0 Å². The number of ether oxygens (including phenoxy) is 1. The SMILES string of the molecule is CC/C=C/[C@H]1CCC[C@H](O)[C@@H](C)C(=O)C2=CC3C(C=CC4CCCC43)C2CC(=O)O1. The Kier molecular flexibility index (Phi) is 6.62. The minimum atomic E-state index is -0.651. The molecule has 1 saturated carbocycles. The van der Waals surface area contributed by atoms with Crippen molar-refractivity contribution >= 4 is 11.8 Å². The largest absolute Gasteiger partial charge is 0.458 e. The average Bonchev–Trinajstić information content (AvgIpc) is 3.34. The van der Waals surface area contributed by atoms with Gasteiger partial charge in [0.05, 0.1) is 12.5 Å². The van der Waals surface area contributed by atoms with Crippen LogP contribution in [0.1, 0.15) is 65.2 Å². The van der Waals surface area contributed by atoms with Gasteiger partial charge in [-0.1, -0.05) is 44.6 Å². The molecule has 4 nitrogen and oxygen atoms in total. The van der Waals surface area contributed by atoms with E-state index in [0.29, 0.717) is 30.6 Å². The molecule has 4 rings (SSSR count). The van der Waals surface area contributed by atoms with Crippen LogP contribution in [0.2, 0.25) is 0 Å². The third kappa shape index (κ3) is 4.21. The number of ketones is 1. The second-order valence-electron chi connectivity index (χ2n) is 9.75. The van der Waals surface area contributed by atoms with Gasteiger partial charge in [0, 0.05) is 11.8 Å². The Morgan fingerprint density at radius 1 is 1.10 bits per heavy atom. The first-order chi connectivity index (χ1) is 14.5. The van der Waals surface area contributed by atoms with Crippen molar-refractivity contribution in [1.29, 1.82) is 0 Å². The van der Waals surface area contributed by atoms with Gasteiger partial charge in [-0.3, -0.25) is 9.59 Å². The van der Waals surface area contributed by atoms with Gasteiger partial charge in [-0.2, -0.15) is 0 Å². The minimum absolute atomic E-state index is 0.0284. The molecule has 0 bridgehead atoms. The van der Waals surface area contributed by atoms with E-state index in [-0.39, 0.29) is 36.1 Å². The van der Waals surface area contributed by atoms with Crippen LogP contribution >= 0.6 is 0 Å². The van der Waals surface area contributed by atoms with Gasteiger partial charge >= 0.3 is 5.97 Å². The highest BCUT2D eigenvalue weighted by molar-refractivity contribution is 5.99. The zero-order valence-electron chi connectivity index (χ0n) is 18.3. The molecule has 0 spiro atoms. The topological polar surface area (TPSA) is 63.6 Å². The number of carbonyl (C=O) groups is 2. The highest BCUT2D eigenvalue weighted by atomic mass is 16.5. The monoisotopic (exact) mass is 412 g/mol. The molecule has 3 aliphatic carbocycles. The van der Waals surface area contributed by atoms with Gasteiger partial charge in [-0.05, 0) is 73.8 Å². The highest BCUT2D eigenvalue weighted by Crippen LogP contribution is 2.53. The molecule has 0 aromatic heterocycles. The van der Waals surface area contributed by atoms with Crippen molar-refractivity contribution in [2.45, 2.75) is 77.4 Å². The van der Waals surface area contributed by atoms with Crippen LogP contribution in [0.15, 0.2) is 36.0 Å². The summed E-state index contributed by atoms with van der Waals surface area (Å²) >= 11 is 0. The smallest absolute Gasteiger partial charge is 0.307 e. The molecule has 8 atom stereocenters. The number of hydrogen-bond donors (Lipinski definition) is 1. The van der Waals surface area contributed by atoms with Crippen LogP contribution in [-0.2, 0) is 14.3 Å². The number of carbonyl (C=O) groups excluding carboxylic acids is 2. The molecule has 0 aromatic rings. The summed E-state index contributed by atoms with van der Waals surface area (Å²) in [7, 11) is 0. The Balaban J connectivity index is 1.63. The second kappa shape index (κ2) is 9.21. The molecule has 1 N–H and O–H groups in total. The van der Waals surface area contributed by atoms with Crippen molar-refractivity contribution < 1.29 is 19.4 Å². The van der Waals surface area contributed by atoms with E-state index in [9.17, 15) is 14.7 Å². The van der Waals surface area contributed by atoms with Gasteiger partial charge in [0.15, 0.2) is 5.78 Å². The lowest BCUT2D eigenvalue weighted by atomic mass is 9.70. The van der Waals surface area contributed by atoms with E-state index in [0.717, 1.165) is 18.4 Å². The van der Waals surface area contributed by atoms with E-state index in [1.54, 1.807) is 0 Å². The summed E-state index contributed by atoms with van der Waals surface area (Å²) in [6, 6.07) is 0. The summed E-state index contributed by atoms with van der Waals surface area (Å²) in [6.07, 6.45) is 16.7. The molecule has 2 fully saturated rings. The fraction of sp³-hybridized carbons (Fsp3) is 0.692. The lowest BCUT2D eigenvalue weighted by Gasteiger charge is -2.34. The van der Waals surface area contributed by atoms with Gasteiger partial charge in [-0.25, -0.2) is 0 Å². The number of aliphatic hydroxyl groups excluding tert-OH is 1. The Morgan fingerprint density at radius 2 is 1.90 bits per heavy atom. The van der Waals surface area contributed by atoms with Crippen molar-refractivity contribution in [3.63, 3.8) is 0 Å². The zero-order valence-corrected chi connectivity index (χ0v) is 18.3. The van der Waals surface area contributed by atoms with Crippen LogP contribution in [0.4, 0.5) is 0 Å². The number of esters is 1. The minimum Gasteiger partial charge on any atom is -0.458 e. The maximum Gasteiger partial charge on any atom is 0.307 e. The Hall–Kier alpha value is -1.68. The van der Waals surface area contributed by atoms with Gasteiger partial charge in [0.25, 0.3) is 0 Å². The van der Waals surface area contributed by atoms with Crippen molar-refractivity contribution in [3.05, 3.63) is 36.0 Å². The molecular formula is C26H36O4. The number of hydrogen-bond acceptors (Lipinski definition) is 4. The van der Waals surface area contributed by atoms with Crippen molar-refractivity contribution in [2.75, 3.05) is 0 Å². The van der Waals surface area contributed by atoms with Crippen LogP contribution in [0.5, 0.6) is 0 Å². The fourth-order valence-corrected chi connectivity index (χ4v) is 6.20. The summed E-state index contributed by atoms with van der Waals surface area (Å²) in [5.74, 6) is 0.997. The van der Waals surface area contributed by atoms with E-state index in [1.807, 2.05) is 19.1 Å². The number of aliphatic hydroxyl groups is 1. The molecule has 0 amide bonds. The highest BCUT2D eigenvalue weighted by Gasteiger charge is 2.48. The van der Waals surface area contributed by atoms with Gasteiger partial charge < -0.3 is 9.84 Å². The normalized spacial score (nSPS) is 42.0. The first-order valence-corrected chi connectivity index (χ1v) is 12.0. The molecule has 5 unspecified atom stereocenters. The molecule has 4 aliphatic rings. The third-order valence-corrected chi connectivity index (χ3v) is 7.90. The van der Waals surface area contributed by atoms with Crippen LogP contribution < -0.4 is 0 Å². The molecule has 30 heavy (non-hydrogen) atoms. The summed E-state index contributed by atoms with van der Waals surface area (Å²) in [5, 5.41) is 10.7. The number of allylic oxidation sites excluding steroid dienone is 5. The van der Waals surface area contributed by atoms with E-state index in [4.69, 9.17) is 4.74 Å². The maximum absolute atomic E-state index is 13.4. The molecular weight excluding hydrogens is 376 g/mol. The lowest BCUT2D eigenvalue weighted by molar-refractivity contribution is -0.148. The molecule has 0 aromatic carbocycles. The van der Waals surface area contributed by atoms with Gasteiger partial charge in [0.2, 0.25) is 0 Å². The number of rotatable bonds is 2. The second-order valence-corrected chi connectivity index (χ2v) is 9.75. The summed E-state index contributed by atoms with van der Waals surface area (Å²) in [5.41, 5.74) is 0.770. The van der Waals surface area contributed by atoms with Gasteiger partial charge in [0.1, 0.15) is 6.10 Å². The standard InChI is InChI=1S/C26H36O4/c1-3-4-8-18-9-6-11-24(27)16(2)26(29)23-14-21-19-10-5-7-17(19)12-13-20(21)22(23)15-25(28)30-18/h4,8,12-14,16-22,24,27H,3,5-7,9-11,15H2,1-2H3/b8-4+/t16-,17?,18+,19?,20?,21?,22?,24+/m1/s1. The summed E-state index contributed by atoms with van der Waals surface area (Å²) < 4.78 is 5.83. The molecule has 1 heterocycles. The van der Waals surface area contributed by atoms with Crippen LogP contribution in [0.25, 0.3) is 0 Å². The van der Waals surface area contributed by atoms with E-state index in [1.165, 1.54) is 19.3 Å². The first kappa shape index (κ1) is 21.5. The van der Waals surface area contributed by atoms with Crippen molar-refractivity contribution in [2.24, 2.45) is 35.5 Å². The quantitative estimate of drug-likeness (QED) is 0.524. The Bertz CT molecular complexity index is 748. The van der Waals surface area contributed by atoms with E-state index >= 15 is 0 Å². The molecule has 4 heteroatoms. The molecule has 1 aliphatic heterocycles. The zero-order chi connectivity index (χ0) is 21.3. The average molecular weight is 413 g/mol. The fourth-order valence-electron chi connectivity index (χ4n) is 6.20. The molecule has 164 valence electrons. The van der Waals surface area contributed by atoms with Crippen LogP contribution in [-0.4, -0.2) is 29.1 Å². The van der Waals surface area contributed by atoms with E-state index in [2.05, 4.69) is 25.2 Å². The number of Topliss-reactive ketones (excluding diaryl/α,β-unsaturated/α-hetero) is 1. The Morgan fingerprint density at radius 3 is 2.70 bits per heavy atom. The van der Waals surface area contributed by atoms with Crippen molar-refractivity contribution in [1.82, 2.24) is 0 Å². The number of fused-ring (bicyclic) bond motifs is 5. The van der Waals surface area contributed by atoms with Gasteiger partial charge in [-0.15, -0.1) is 0 Å². The maximum atomic E-state index is 13.4. The summed E-state index contributed by atoms with van der Waals surface area (Å²) in [6.45, 7) is 3.91. The molecule has 1 saturated heterocycles. The van der Waals surface area contributed by atoms with Crippen LogP contribution in [0, 0.1) is 35.5 Å². The lowest BCUT2D eigenvalue weighted by Crippen LogP contribution is -2.33. The molecule has 0 radical (unpaired) electrons.